The van der Waals surface area contributed by atoms with Gasteiger partial charge >= 0.3 is 0 Å². The fourth-order valence-electron chi connectivity index (χ4n) is 2.75. The van der Waals surface area contributed by atoms with Crippen molar-refractivity contribution in [3.05, 3.63) is 23.8 Å². The van der Waals surface area contributed by atoms with Crippen LogP contribution in [0.2, 0.25) is 0 Å². The van der Waals surface area contributed by atoms with Crippen LogP contribution in [0.1, 0.15) is 25.3 Å². The zero-order chi connectivity index (χ0) is 14.4. The van der Waals surface area contributed by atoms with E-state index in [9.17, 15) is 0 Å². The van der Waals surface area contributed by atoms with Crippen LogP contribution in [0.25, 0.3) is 0 Å². The number of benzene rings is 1. The summed E-state index contributed by atoms with van der Waals surface area (Å²) in [7, 11) is 3.40. The third-order valence-corrected chi connectivity index (χ3v) is 4.01. The molecule has 1 aliphatic rings. The maximum Gasteiger partial charge on any atom is 0.123 e. The molecule has 0 bridgehead atoms. The molecule has 0 amide bonds. The van der Waals surface area contributed by atoms with E-state index in [-0.39, 0.29) is 0 Å². The summed E-state index contributed by atoms with van der Waals surface area (Å²) in [5.41, 5.74) is 1.14. The van der Waals surface area contributed by atoms with Crippen LogP contribution in [0.15, 0.2) is 18.2 Å². The highest BCUT2D eigenvalue weighted by Crippen LogP contribution is 2.23. The Hall–Kier alpha value is -1.26. The first-order valence-electron chi connectivity index (χ1n) is 7.40. The molecule has 20 heavy (non-hydrogen) atoms. The second-order valence-corrected chi connectivity index (χ2v) is 5.40. The van der Waals surface area contributed by atoms with Crippen LogP contribution >= 0.6 is 0 Å². The van der Waals surface area contributed by atoms with Gasteiger partial charge in [0.25, 0.3) is 0 Å². The van der Waals surface area contributed by atoms with Crippen LogP contribution in [0, 0.1) is 0 Å². The molecule has 1 saturated heterocycles. The monoisotopic (exact) mass is 278 g/mol. The molecule has 0 aliphatic carbocycles. The molecule has 0 spiro atoms. The minimum Gasteiger partial charge on any atom is -0.497 e. The quantitative estimate of drug-likeness (QED) is 0.829. The van der Waals surface area contributed by atoms with Gasteiger partial charge in [0.1, 0.15) is 11.5 Å². The molecular weight excluding hydrogens is 252 g/mol. The maximum absolute atomic E-state index is 5.40. The van der Waals surface area contributed by atoms with Gasteiger partial charge in [0.05, 0.1) is 14.2 Å². The smallest absolute Gasteiger partial charge is 0.123 e. The van der Waals surface area contributed by atoms with E-state index in [0.717, 1.165) is 30.2 Å². The standard InChI is InChI=1S/C16H26N2O2/c1-13(18-8-4-5-9-18)11-17-12-14-10-15(19-2)6-7-16(14)20-3/h6-7,10,13,17H,4-5,8-9,11-12H2,1-3H3. The summed E-state index contributed by atoms with van der Waals surface area (Å²) in [5, 5.41) is 3.53. The highest BCUT2D eigenvalue weighted by molar-refractivity contribution is 5.40. The summed E-state index contributed by atoms with van der Waals surface area (Å²) in [6, 6.07) is 6.51. The van der Waals surface area contributed by atoms with Gasteiger partial charge in [0, 0.05) is 24.7 Å². The van der Waals surface area contributed by atoms with Gasteiger partial charge in [-0.05, 0) is 51.1 Å². The number of likely N-dealkylation sites (tertiary alicyclic amines) is 1. The van der Waals surface area contributed by atoms with Crippen molar-refractivity contribution in [1.82, 2.24) is 10.2 Å². The average Bonchev–Trinajstić information content (AvgIpc) is 3.01. The molecule has 1 aliphatic heterocycles. The van der Waals surface area contributed by atoms with Crippen molar-refractivity contribution in [2.45, 2.75) is 32.4 Å². The molecule has 1 N–H and O–H groups in total. The number of nitrogens with zero attached hydrogens (tertiary/aromatic N) is 1. The summed E-state index contributed by atoms with van der Waals surface area (Å²) >= 11 is 0. The second-order valence-electron chi connectivity index (χ2n) is 5.40. The minimum absolute atomic E-state index is 0.592. The molecule has 1 aromatic rings. The van der Waals surface area contributed by atoms with Gasteiger partial charge in [-0.15, -0.1) is 0 Å². The highest BCUT2D eigenvalue weighted by atomic mass is 16.5. The lowest BCUT2D eigenvalue weighted by atomic mass is 10.2. The fraction of sp³-hybridized carbons (Fsp3) is 0.625. The average molecular weight is 278 g/mol. The van der Waals surface area contributed by atoms with Crippen LogP contribution in [0.4, 0.5) is 0 Å². The van der Waals surface area contributed by atoms with Crippen LogP contribution in [0.5, 0.6) is 11.5 Å². The molecule has 112 valence electrons. The van der Waals surface area contributed by atoms with Crippen LogP contribution < -0.4 is 14.8 Å². The van der Waals surface area contributed by atoms with Gasteiger partial charge in [-0.25, -0.2) is 0 Å². The Morgan fingerprint density at radius 1 is 1.20 bits per heavy atom. The molecule has 2 rings (SSSR count). The SMILES string of the molecule is COc1ccc(OC)c(CNCC(C)N2CCCC2)c1. The molecule has 0 radical (unpaired) electrons. The normalized spacial score (nSPS) is 17.1. The van der Waals surface area contributed by atoms with Gasteiger partial charge in [-0.1, -0.05) is 0 Å². The van der Waals surface area contributed by atoms with Gasteiger partial charge in [-0.2, -0.15) is 0 Å². The first-order valence-corrected chi connectivity index (χ1v) is 7.40. The molecular formula is C16H26N2O2. The third kappa shape index (κ3) is 3.87. The van der Waals surface area contributed by atoms with Crippen molar-refractivity contribution in [3.8, 4) is 11.5 Å². The van der Waals surface area contributed by atoms with Gasteiger partial charge in [0.2, 0.25) is 0 Å². The lowest BCUT2D eigenvalue weighted by Gasteiger charge is -2.24. The Labute approximate surface area is 122 Å². The molecule has 1 atom stereocenters. The van der Waals surface area contributed by atoms with Crippen molar-refractivity contribution in [3.63, 3.8) is 0 Å². The lowest BCUT2D eigenvalue weighted by molar-refractivity contribution is 0.251. The summed E-state index contributed by atoms with van der Waals surface area (Å²) in [6.45, 7) is 6.58. The van der Waals surface area contributed by atoms with Gasteiger partial charge < -0.3 is 14.8 Å². The van der Waals surface area contributed by atoms with E-state index in [1.807, 2.05) is 18.2 Å². The van der Waals surface area contributed by atoms with E-state index in [2.05, 4.69) is 17.1 Å². The molecule has 4 heteroatoms. The fourth-order valence-corrected chi connectivity index (χ4v) is 2.75. The first-order chi connectivity index (χ1) is 9.74. The van der Waals surface area contributed by atoms with Crippen molar-refractivity contribution < 1.29 is 9.47 Å². The Balaban J connectivity index is 1.86. The number of hydrogen-bond donors (Lipinski definition) is 1. The topological polar surface area (TPSA) is 33.7 Å². The van der Waals surface area contributed by atoms with Crippen molar-refractivity contribution in [1.29, 1.82) is 0 Å². The maximum atomic E-state index is 5.40. The molecule has 1 heterocycles. The molecule has 0 aromatic heterocycles. The number of ether oxygens (including phenoxy) is 2. The van der Waals surface area contributed by atoms with Crippen molar-refractivity contribution in [2.24, 2.45) is 0 Å². The zero-order valence-corrected chi connectivity index (χ0v) is 12.8. The predicted molar refractivity (Wildman–Crippen MR) is 81.5 cm³/mol. The van der Waals surface area contributed by atoms with Crippen LogP contribution in [-0.2, 0) is 6.54 Å². The molecule has 1 unspecified atom stereocenters. The number of nitrogens with one attached hydrogen (secondary N) is 1. The lowest BCUT2D eigenvalue weighted by Crippen LogP contribution is -2.38. The predicted octanol–water partition coefficient (Wildman–Crippen LogP) is 2.28. The zero-order valence-electron chi connectivity index (χ0n) is 12.8. The summed E-state index contributed by atoms with van der Waals surface area (Å²) in [5.74, 6) is 1.78. The summed E-state index contributed by atoms with van der Waals surface area (Å²) in [4.78, 5) is 2.55. The van der Waals surface area contributed by atoms with E-state index in [1.165, 1.54) is 25.9 Å². The summed E-state index contributed by atoms with van der Waals surface area (Å²) < 4.78 is 10.7. The molecule has 1 fully saturated rings. The van der Waals surface area contributed by atoms with Crippen LogP contribution in [-0.4, -0.2) is 44.8 Å². The van der Waals surface area contributed by atoms with Crippen molar-refractivity contribution in [2.75, 3.05) is 33.9 Å². The van der Waals surface area contributed by atoms with E-state index in [0.29, 0.717) is 6.04 Å². The molecule has 1 aromatic carbocycles. The summed E-state index contributed by atoms with van der Waals surface area (Å²) in [6.07, 6.45) is 2.68. The van der Waals surface area contributed by atoms with Gasteiger partial charge in [-0.3, -0.25) is 4.90 Å². The third-order valence-electron chi connectivity index (χ3n) is 4.01. The first kappa shape index (κ1) is 15.1. The molecule has 4 nitrogen and oxygen atoms in total. The van der Waals surface area contributed by atoms with E-state index < -0.39 is 0 Å². The largest absolute Gasteiger partial charge is 0.497 e. The Morgan fingerprint density at radius 2 is 1.95 bits per heavy atom. The van der Waals surface area contributed by atoms with Crippen LogP contribution in [0.3, 0.4) is 0 Å². The van der Waals surface area contributed by atoms with Gasteiger partial charge in [0.15, 0.2) is 0 Å². The highest BCUT2D eigenvalue weighted by Gasteiger charge is 2.17. The van der Waals surface area contributed by atoms with E-state index >= 15 is 0 Å². The second kappa shape index (κ2) is 7.50. The Morgan fingerprint density at radius 3 is 2.60 bits per heavy atom. The Bertz CT molecular complexity index is 417. The number of rotatable bonds is 7. The van der Waals surface area contributed by atoms with E-state index in [1.54, 1.807) is 14.2 Å². The molecule has 0 saturated carbocycles. The minimum atomic E-state index is 0.592. The number of hydrogen-bond acceptors (Lipinski definition) is 4. The van der Waals surface area contributed by atoms with Crippen molar-refractivity contribution >= 4 is 0 Å². The number of methoxy groups -OCH3 is 2. The van der Waals surface area contributed by atoms with E-state index in [4.69, 9.17) is 9.47 Å². The Kier molecular flexibility index (Phi) is 5.68.